The van der Waals surface area contributed by atoms with E-state index < -0.39 is 11.7 Å². The number of nitriles is 1. The van der Waals surface area contributed by atoms with Crippen molar-refractivity contribution in [2.45, 2.75) is 58.5 Å². The second-order valence-electron chi connectivity index (χ2n) is 13.8. The van der Waals surface area contributed by atoms with Crippen LogP contribution in [0, 0.1) is 18.3 Å². The van der Waals surface area contributed by atoms with Gasteiger partial charge in [-0.25, -0.2) is 9.78 Å². The smallest absolute Gasteiger partial charge is 0.408 e. The lowest BCUT2D eigenvalue weighted by Crippen LogP contribution is -2.54. The normalized spacial score (nSPS) is 22.4. The first-order valence-electron chi connectivity index (χ1n) is 16.4. The molecule has 12 heteroatoms. The van der Waals surface area contributed by atoms with Gasteiger partial charge in [-0.05, 0) is 64.5 Å². The van der Waals surface area contributed by atoms with Crippen LogP contribution in [-0.4, -0.2) is 109 Å². The zero-order chi connectivity index (χ0) is 33.3. The molecule has 5 heterocycles. The molecule has 0 aliphatic carbocycles. The highest BCUT2D eigenvalue weighted by atomic mass is 16.6. The number of alkyl carbamates (subject to hydrolysis) is 1. The third-order valence-electron chi connectivity index (χ3n) is 8.78. The molecule has 0 spiro atoms. The maximum absolute atomic E-state index is 12.4. The average molecular weight is 640 g/mol. The topological polar surface area (TPSA) is 123 Å². The highest BCUT2D eigenvalue weighted by Crippen LogP contribution is 2.31. The van der Waals surface area contributed by atoms with Gasteiger partial charge in [0.15, 0.2) is 0 Å². The summed E-state index contributed by atoms with van der Waals surface area (Å²) >= 11 is 0. The van der Waals surface area contributed by atoms with E-state index in [9.17, 15) is 10.1 Å². The number of fused-ring (bicyclic) bond motifs is 1. The molecule has 248 valence electrons. The average Bonchev–Trinajstić information content (AvgIpc) is 3.38. The van der Waals surface area contributed by atoms with Crippen molar-refractivity contribution >= 4 is 34.4 Å². The van der Waals surface area contributed by atoms with Crippen molar-refractivity contribution in [3.8, 4) is 6.07 Å². The largest absolute Gasteiger partial charge is 0.444 e. The Labute approximate surface area is 277 Å². The van der Waals surface area contributed by atoms with Crippen molar-refractivity contribution in [3.63, 3.8) is 0 Å². The van der Waals surface area contributed by atoms with Gasteiger partial charge in [-0.1, -0.05) is 6.58 Å². The number of aromatic nitrogens is 3. The molecule has 3 fully saturated rings. The number of aryl methyl sites for hydroxylation is 1. The standard InChI is InChI=1S/C35H45N9O3/c1-23-18-44(22-29(23)39-34(45)47-35(4,5)6)33-38-24(2)16-31(40-33)42-14-12-41(13-15-42)20-27-21-43(19-25(3)46-27)30-10-9-26(17-36)32-28(30)8-7-11-37-32/h7-11,16,25,27,29H,1,12-15,18-22H2,2-6H3,(H,39,45)/t25-,27+,29-/m1/s1. The second kappa shape index (κ2) is 13.3. The number of nitrogens with zero attached hydrogens (tertiary/aromatic N) is 8. The summed E-state index contributed by atoms with van der Waals surface area (Å²) in [7, 11) is 0. The van der Waals surface area contributed by atoms with Crippen LogP contribution in [0.4, 0.5) is 22.2 Å². The van der Waals surface area contributed by atoms with Crippen molar-refractivity contribution in [1.29, 1.82) is 5.26 Å². The number of benzene rings is 1. The minimum atomic E-state index is -0.566. The van der Waals surface area contributed by atoms with E-state index >= 15 is 0 Å². The molecule has 6 rings (SSSR count). The highest BCUT2D eigenvalue weighted by Gasteiger charge is 2.32. The van der Waals surface area contributed by atoms with Gasteiger partial charge >= 0.3 is 6.09 Å². The fourth-order valence-electron chi connectivity index (χ4n) is 6.67. The van der Waals surface area contributed by atoms with E-state index in [1.165, 1.54) is 0 Å². The van der Waals surface area contributed by atoms with E-state index in [1.807, 2.05) is 58.0 Å². The number of pyridine rings is 1. The predicted molar refractivity (Wildman–Crippen MR) is 183 cm³/mol. The van der Waals surface area contributed by atoms with E-state index in [0.29, 0.717) is 24.6 Å². The third kappa shape index (κ3) is 7.58. The van der Waals surface area contributed by atoms with Crippen LogP contribution in [-0.2, 0) is 9.47 Å². The predicted octanol–water partition coefficient (Wildman–Crippen LogP) is 3.89. The van der Waals surface area contributed by atoms with E-state index in [1.54, 1.807) is 6.20 Å². The maximum Gasteiger partial charge on any atom is 0.408 e. The van der Waals surface area contributed by atoms with Gasteiger partial charge in [0.1, 0.15) is 17.5 Å². The number of carbonyl (C=O) groups is 1. The minimum Gasteiger partial charge on any atom is -0.444 e. The number of piperazine rings is 1. The third-order valence-corrected chi connectivity index (χ3v) is 8.78. The van der Waals surface area contributed by atoms with Gasteiger partial charge in [-0.3, -0.25) is 9.88 Å². The number of hydrogen-bond acceptors (Lipinski definition) is 11. The first-order valence-corrected chi connectivity index (χ1v) is 16.4. The van der Waals surface area contributed by atoms with Crippen LogP contribution < -0.4 is 20.0 Å². The van der Waals surface area contributed by atoms with E-state index in [0.717, 1.165) is 79.5 Å². The summed E-state index contributed by atoms with van der Waals surface area (Å²) in [6.45, 7) is 20.9. The van der Waals surface area contributed by atoms with E-state index in [-0.39, 0.29) is 18.2 Å². The summed E-state index contributed by atoms with van der Waals surface area (Å²) < 4.78 is 11.9. The first-order chi connectivity index (χ1) is 22.5. The van der Waals surface area contributed by atoms with Gasteiger partial charge in [-0.15, -0.1) is 0 Å². The lowest BCUT2D eigenvalue weighted by molar-refractivity contribution is -0.0327. The Kier molecular flexibility index (Phi) is 9.21. The number of morpholine rings is 1. The monoisotopic (exact) mass is 639 g/mol. The molecule has 3 aliphatic rings. The Morgan fingerprint density at radius 3 is 2.64 bits per heavy atom. The van der Waals surface area contributed by atoms with Crippen LogP contribution >= 0.6 is 0 Å². The number of ether oxygens (including phenoxy) is 2. The molecule has 1 N–H and O–H groups in total. The van der Waals surface area contributed by atoms with E-state index in [2.05, 4.69) is 49.5 Å². The number of hydrogen-bond donors (Lipinski definition) is 1. The Morgan fingerprint density at radius 2 is 1.89 bits per heavy atom. The number of carbonyl (C=O) groups excluding carboxylic acids is 1. The fourth-order valence-corrected chi connectivity index (χ4v) is 6.67. The summed E-state index contributed by atoms with van der Waals surface area (Å²) in [5, 5.41) is 13.5. The summed E-state index contributed by atoms with van der Waals surface area (Å²) in [5.74, 6) is 1.56. The number of amides is 1. The summed E-state index contributed by atoms with van der Waals surface area (Å²) in [5.41, 5.74) is 3.67. The number of rotatable bonds is 6. The number of anilines is 3. The maximum atomic E-state index is 12.4. The molecule has 0 saturated carbocycles. The molecule has 3 atom stereocenters. The van der Waals surface area contributed by atoms with Gasteiger partial charge in [0, 0.05) is 87.9 Å². The quantitative estimate of drug-likeness (QED) is 0.395. The molecule has 3 aromatic rings. The van der Waals surface area contributed by atoms with Crippen molar-refractivity contribution in [2.75, 3.05) is 73.6 Å². The van der Waals surface area contributed by atoms with Crippen LogP contribution in [0.15, 0.2) is 48.7 Å². The van der Waals surface area contributed by atoms with Crippen LogP contribution in [0.3, 0.4) is 0 Å². The van der Waals surface area contributed by atoms with Crippen molar-refractivity contribution in [1.82, 2.24) is 25.2 Å². The number of nitrogens with one attached hydrogen (secondary N) is 1. The molecular weight excluding hydrogens is 594 g/mol. The van der Waals surface area contributed by atoms with Gasteiger partial charge < -0.3 is 29.5 Å². The van der Waals surface area contributed by atoms with Crippen LogP contribution in [0.1, 0.15) is 39.0 Å². The summed E-state index contributed by atoms with van der Waals surface area (Å²) in [4.78, 5) is 35.8. The van der Waals surface area contributed by atoms with Crippen molar-refractivity contribution < 1.29 is 14.3 Å². The molecule has 0 radical (unpaired) electrons. The molecular formula is C35H45N9O3. The Hall–Kier alpha value is -4.47. The van der Waals surface area contributed by atoms with Gasteiger partial charge in [-0.2, -0.15) is 10.2 Å². The molecule has 47 heavy (non-hydrogen) atoms. The molecule has 3 aliphatic heterocycles. The highest BCUT2D eigenvalue weighted by molar-refractivity contribution is 5.95. The SMILES string of the molecule is C=C1CN(c2nc(C)cc(N3CCN(C[C@H]4CN(c5ccc(C#N)c6ncccc56)C[C@@H](C)O4)CC3)n2)C[C@H]1NC(=O)OC(C)(C)C. The van der Waals surface area contributed by atoms with Crippen molar-refractivity contribution in [2.24, 2.45) is 0 Å². The lowest BCUT2D eigenvalue weighted by atomic mass is 10.1. The molecule has 1 amide bonds. The van der Waals surface area contributed by atoms with Crippen LogP contribution in [0.2, 0.25) is 0 Å². The molecule has 1 aromatic carbocycles. The molecule has 2 aromatic heterocycles. The van der Waals surface area contributed by atoms with E-state index in [4.69, 9.17) is 19.4 Å². The Morgan fingerprint density at radius 1 is 1.11 bits per heavy atom. The lowest BCUT2D eigenvalue weighted by Gasteiger charge is -2.42. The molecule has 0 bridgehead atoms. The molecule has 12 nitrogen and oxygen atoms in total. The summed E-state index contributed by atoms with van der Waals surface area (Å²) in [6, 6.07) is 12.0. The Balaban J connectivity index is 1.06. The zero-order valence-corrected chi connectivity index (χ0v) is 28.1. The van der Waals surface area contributed by atoms with Crippen LogP contribution in [0.25, 0.3) is 10.9 Å². The molecule has 0 unspecified atom stereocenters. The van der Waals surface area contributed by atoms with Gasteiger partial charge in [0.2, 0.25) is 5.95 Å². The second-order valence-corrected chi connectivity index (χ2v) is 13.8. The minimum absolute atomic E-state index is 0.0612. The van der Waals surface area contributed by atoms with Gasteiger partial charge in [0.25, 0.3) is 0 Å². The van der Waals surface area contributed by atoms with Crippen LogP contribution in [0.5, 0.6) is 0 Å². The van der Waals surface area contributed by atoms with Gasteiger partial charge in [0.05, 0.1) is 29.3 Å². The Bertz CT molecular complexity index is 1670. The van der Waals surface area contributed by atoms with Crippen molar-refractivity contribution in [3.05, 3.63) is 59.9 Å². The first kappa shape index (κ1) is 32.5. The fraction of sp³-hybridized carbons (Fsp3) is 0.514. The molecule has 3 saturated heterocycles. The zero-order valence-electron chi connectivity index (χ0n) is 28.1. The summed E-state index contributed by atoms with van der Waals surface area (Å²) in [6.07, 6.45) is 1.44.